The average Bonchev–Trinajstić information content (AvgIpc) is 3.69. The molecule has 61 heavy (non-hydrogen) atoms. The molecule has 0 amide bonds. The fourth-order valence-corrected chi connectivity index (χ4v) is 9.41. The van der Waals surface area contributed by atoms with E-state index in [4.69, 9.17) is 33.7 Å². The van der Waals surface area contributed by atoms with Gasteiger partial charge in [0.2, 0.25) is 0 Å². The Morgan fingerprint density at radius 2 is 1.66 bits per heavy atom. The number of rotatable bonds is 12. The largest absolute Gasteiger partial charge is 0.497 e. The van der Waals surface area contributed by atoms with E-state index in [1.54, 1.807) is 50.3 Å². The van der Waals surface area contributed by atoms with E-state index in [2.05, 4.69) is 4.90 Å². The minimum Gasteiger partial charge on any atom is -0.497 e. The Labute approximate surface area is 352 Å². The van der Waals surface area contributed by atoms with Crippen LogP contribution in [0.4, 0.5) is 33.5 Å². The summed E-state index contributed by atoms with van der Waals surface area (Å²) in [6.45, 7) is 5.11. The fraction of sp³-hybridized carbons (Fsp3) is 0.511. The maximum atomic E-state index is 17.5. The van der Waals surface area contributed by atoms with E-state index >= 15 is 17.6 Å². The van der Waals surface area contributed by atoms with Crippen molar-refractivity contribution in [1.82, 2.24) is 14.9 Å². The zero-order chi connectivity index (χ0) is 43.1. The third-order valence-corrected chi connectivity index (χ3v) is 12.3. The van der Waals surface area contributed by atoms with E-state index in [-0.39, 0.29) is 69.7 Å². The van der Waals surface area contributed by atoms with Crippen LogP contribution in [0, 0.1) is 12.7 Å². The van der Waals surface area contributed by atoms with Crippen molar-refractivity contribution in [2.45, 2.75) is 88.8 Å². The Balaban J connectivity index is 1.19. The molecule has 3 aromatic carbocycles. The highest BCUT2D eigenvalue weighted by atomic mass is 19.4. The van der Waals surface area contributed by atoms with Gasteiger partial charge in [-0.15, -0.1) is 0 Å². The van der Waals surface area contributed by atoms with Crippen molar-refractivity contribution in [3.05, 3.63) is 99.5 Å². The van der Waals surface area contributed by atoms with Crippen LogP contribution in [0.25, 0.3) is 0 Å². The highest BCUT2D eigenvalue weighted by Gasteiger charge is 2.50. The van der Waals surface area contributed by atoms with Crippen LogP contribution in [0.1, 0.15) is 71.4 Å². The number of aliphatic hydroxyl groups is 1. The normalized spacial score (nSPS) is 24.3. The fourth-order valence-electron chi connectivity index (χ4n) is 9.41. The van der Waals surface area contributed by atoms with Gasteiger partial charge in [-0.1, -0.05) is 24.3 Å². The minimum absolute atomic E-state index is 0.0242. The molecule has 0 bridgehead atoms. The summed E-state index contributed by atoms with van der Waals surface area (Å²) in [7, 11) is 3.10. The predicted molar refractivity (Wildman–Crippen MR) is 217 cm³/mol. The van der Waals surface area contributed by atoms with Gasteiger partial charge in [0.1, 0.15) is 35.7 Å². The molecule has 5 heterocycles. The molecule has 4 aromatic rings. The second-order valence-electron chi connectivity index (χ2n) is 17.0. The number of ether oxygens (including phenoxy) is 5. The lowest BCUT2D eigenvalue weighted by Gasteiger charge is -2.35. The molecule has 16 heteroatoms. The first-order chi connectivity index (χ1) is 29.1. The first-order valence-corrected chi connectivity index (χ1v) is 20.6. The van der Waals surface area contributed by atoms with Crippen LogP contribution in [0.5, 0.6) is 17.5 Å². The van der Waals surface area contributed by atoms with Crippen LogP contribution < -0.4 is 24.0 Å². The average molecular weight is 854 g/mol. The van der Waals surface area contributed by atoms with E-state index in [1.807, 2.05) is 29.2 Å². The van der Waals surface area contributed by atoms with E-state index in [9.17, 15) is 9.50 Å². The van der Waals surface area contributed by atoms with E-state index in [1.165, 1.54) is 13.0 Å². The van der Waals surface area contributed by atoms with Crippen LogP contribution in [0.2, 0.25) is 0 Å². The summed E-state index contributed by atoms with van der Waals surface area (Å²) < 4.78 is 107. The molecule has 8 rings (SSSR count). The number of hydrogen-bond donors (Lipinski definition) is 1. The van der Waals surface area contributed by atoms with Gasteiger partial charge in [0.05, 0.1) is 69.2 Å². The molecule has 2 unspecified atom stereocenters. The molecule has 0 radical (unpaired) electrons. The second-order valence-corrected chi connectivity index (χ2v) is 17.0. The summed E-state index contributed by atoms with van der Waals surface area (Å²) in [6, 6.07) is 15.6. The monoisotopic (exact) mass is 853 g/mol. The van der Waals surface area contributed by atoms with Crippen molar-refractivity contribution in [3.8, 4) is 17.5 Å². The van der Waals surface area contributed by atoms with Gasteiger partial charge in [0.15, 0.2) is 5.82 Å². The molecule has 4 aliphatic rings. The molecule has 3 saturated heterocycles. The zero-order valence-corrected chi connectivity index (χ0v) is 34.9. The third-order valence-electron chi connectivity index (χ3n) is 12.3. The number of benzene rings is 3. The number of aryl methyl sites for hydroxylation is 1. The lowest BCUT2D eigenvalue weighted by Crippen LogP contribution is -2.44. The Morgan fingerprint density at radius 1 is 0.984 bits per heavy atom. The molecule has 4 aliphatic heterocycles. The van der Waals surface area contributed by atoms with E-state index in [0.29, 0.717) is 48.1 Å². The highest BCUT2D eigenvalue weighted by Crippen LogP contribution is 2.46. The Kier molecular flexibility index (Phi) is 12.1. The number of β-amino-alcohol motifs (C(OH)–C–C–N with tert-alkyl or cyclic N) is 1. The summed E-state index contributed by atoms with van der Waals surface area (Å²) in [5.41, 5.74) is -1.28. The molecule has 3 fully saturated rings. The molecule has 4 atom stereocenters. The lowest BCUT2D eigenvalue weighted by molar-refractivity contribution is -0.140. The van der Waals surface area contributed by atoms with Crippen LogP contribution in [-0.2, 0) is 41.8 Å². The number of nitrogens with zero attached hydrogens (tertiary/aromatic N) is 5. The minimum atomic E-state index is -4.93. The molecule has 0 saturated carbocycles. The van der Waals surface area contributed by atoms with Crippen molar-refractivity contribution < 1.29 is 50.7 Å². The van der Waals surface area contributed by atoms with Crippen molar-refractivity contribution in [2.24, 2.45) is 0 Å². The molecule has 1 aromatic heterocycles. The second kappa shape index (κ2) is 17.2. The number of hydrogen-bond acceptors (Lipinski definition) is 11. The van der Waals surface area contributed by atoms with Crippen LogP contribution in [0.3, 0.4) is 0 Å². The van der Waals surface area contributed by atoms with Gasteiger partial charge in [-0.05, 0) is 80.3 Å². The smallest absolute Gasteiger partial charge is 0.417 e. The summed E-state index contributed by atoms with van der Waals surface area (Å²) >= 11 is 0. The number of alkyl halides is 4. The molecular formula is C45H52F5N5O6. The summed E-state index contributed by atoms with van der Waals surface area (Å²) in [5, 5.41) is 11.1. The van der Waals surface area contributed by atoms with Gasteiger partial charge in [0, 0.05) is 50.1 Å². The van der Waals surface area contributed by atoms with Crippen molar-refractivity contribution in [2.75, 3.05) is 70.0 Å². The topological polar surface area (TPSA) is 102 Å². The van der Waals surface area contributed by atoms with Crippen LogP contribution in [-0.4, -0.2) is 97.5 Å². The SMILES string of the molecule is COc1ccc(CN(Cc2ccc(OC)cc2)c2cc(C)c(C(F)(F)F)c(C3Cc4nc(OC[C@@]56CCCN5C[C@H](F)C6)nc(N5CCOCC(C)(O)C5)c4CO3)c2F)cc1. The van der Waals surface area contributed by atoms with Gasteiger partial charge in [0.25, 0.3) is 0 Å². The molecule has 1 N–H and O–H groups in total. The van der Waals surface area contributed by atoms with Gasteiger partial charge < -0.3 is 38.6 Å². The van der Waals surface area contributed by atoms with Crippen molar-refractivity contribution in [1.29, 1.82) is 0 Å². The molecule has 0 aliphatic carbocycles. The number of anilines is 2. The quantitative estimate of drug-likeness (QED) is 0.143. The molecular weight excluding hydrogens is 802 g/mol. The Bertz CT molecular complexity index is 2140. The van der Waals surface area contributed by atoms with Crippen molar-refractivity contribution >= 4 is 11.5 Å². The first kappa shape index (κ1) is 42.9. The zero-order valence-electron chi connectivity index (χ0n) is 34.9. The highest BCUT2D eigenvalue weighted by molar-refractivity contribution is 5.59. The number of aromatic nitrogens is 2. The third kappa shape index (κ3) is 9.09. The summed E-state index contributed by atoms with van der Waals surface area (Å²) in [5.74, 6) is 0.580. The predicted octanol–water partition coefficient (Wildman–Crippen LogP) is 7.52. The lowest BCUT2D eigenvalue weighted by atomic mass is 9.90. The Hall–Kier alpha value is -4.77. The van der Waals surface area contributed by atoms with E-state index < -0.39 is 46.5 Å². The van der Waals surface area contributed by atoms with Gasteiger partial charge in [-0.3, -0.25) is 4.90 Å². The summed E-state index contributed by atoms with van der Waals surface area (Å²) in [6.07, 6.45) is -5.58. The van der Waals surface area contributed by atoms with Crippen molar-refractivity contribution in [3.63, 3.8) is 0 Å². The molecule has 328 valence electrons. The maximum absolute atomic E-state index is 17.5. The number of methoxy groups -OCH3 is 2. The Morgan fingerprint density at radius 3 is 2.30 bits per heavy atom. The maximum Gasteiger partial charge on any atom is 0.417 e. The first-order valence-electron chi connectivity index (χ1n) is 20.6. The van der Waals surface area contributed by atoms with Gasteiger partial charge >= 0.3 is 12.2 Å². The van der Waals surface area contributed by atoms with Gasteiger partial charge in [-0.25, -0.2) is 8.78 Å². The molecule has 11 nitrogen and oxygen atoms in total. The number of halogens is 5. The number of fused-ring (bicyclic) bond motifs is 2. The van der Waals surface area contributed by atoms with Crippen LogP contribution in [0.15, 0.2) is 54.6 Å². The molecule has 0 spiro atoms. The van der Waals surface area contributed by atoms with E-state index in [0.717, 1.165) is 30.5 Å². The standard InChI is InChI=1S/C45H52F5N5O6/c1-28-18-36(54(21-29-6-10-32(57-3)11-7-29)22-30-8-12-33(58-4)13-9-30)40(47)38(39(28)45(48,49)50)37-19-35-34(24-60-37)41(53-16-17-59-26-43(2,56)25-53)52-42(51-35)61-27-44-14-5-15-55(44)23-31(46)20-44/h6-13,18,31,37,56H,5,14-17,19-27H2,1-4H3/t31-,37?,43?,44+/m1/s1. The summed E-state index contributed by atoms with van der Waals surface area (Å²) in [4.78, 5) is 15.2. The van der Waals surface area contributed by atoms with Gasteiger partial charge in [-0.2, -0.15) is 23.1 Å². The van der Waals surface area contributed by atoms with Crippen LogP contribution >= 0.6 is 0 Å².